The first kappa shape index (κ1) is 9.75. The predicted molar refractivity (Wildman–Crippen MR) is 53.6 cm³/mol. The SMILES string of the molecule is NC(CO)c1ccc(-c2nn[nH]n2)cc1. The van der Waals surface area contributed by atoms with Crippen molar-refractivity contribution in [1.82, 2.24) is 20.6 Å². The highest BCUT2D eigenvalue weighted by molar-refractivity contribution is 5.54. The summed E-state index contributed by atoms with van der Waals surface area (Å²) in [5.74, 6) is 0.541. The van der Waals surface area contributed by atoms with E-state index >= 15 is 0 Å². The lowest BCUT2D eigenvalue weighted by molar-refractivity contribution is 0.268. The first-order valence-electron chi connectivity index (χ1n) is 4.51. The highest BCUT2D eigenvalue weighted by Gasteiger charge is 2.06. The molecule has 4 N–H and O–H groups in total. The Hall–Kier alpha value is -1.79. The Morgan fingerprint density at radius 1 is 1.33 bits per heavy atom. The first-order valence-corrected chi connectivity index (χ1v) is 4.51. The number of hydrogen-bond acceptors (Lipinski definition) is 5. The van der Waals surface area contributed by atoms with E-state index < -0.39 is 0 Å². The number of nitrogens with zero attached hydrogens (tertiary/aromatic N) is 3. The van der Waals surface area contributed by atoms with Crippen LogP contribution < -0.4 is 5.73 Å². The van der Waals surface area contributed by atoms with Gasteiger partial charge in [0.25, 0.3) is 0 Å². The fraction of sp³-hybridized carbons (Fsp3) is 0.222. The Morgan fingerprint density at radius 2 is 2.07 bits per heavy atom. The van der Waals surface area contributed by atoms with Gasteiger partial charge in [-0.2, -0.15) is 5.21 Å². The maximum atomic E-state index is 8.88. The van der Waals surface area contributed by atoms with Gasteiger partial charge >= 0.3 is 0 Å². The van der Waals surface area contributed by atoms with Crippen LogP contribution in [0.5, 0.6) is 0 Å². The molecule has 0 fully saturated rings. The Kier molecular flexibility index (Phi) is 2.70. The molecule has 0 bridgehead atoms. The number of rotatable bonds is 3. The van der Waals surface area contributed by atoms with Gasteiger partial charge in [-0.15, -0.1) is 10.2 Å². The summed E-state index contributed by atoms with van der Waals surface area (Å²) in [5, 5.41) is 22.4. The monoisotopic (exact) mass is 205 g/mol. The number of nitrogens with one attached hydrogen (secondary N) is 1. The number of tetrazole rings is 1. The molecule has 2 rings (SSSR count). The lowest BCUT2D eigenvalue weighted by atomic mass is 10.1. The zero-order valence-electron chi connectivity index (χ0n) is 7.96. The number of aliphatic hydroxyl groups is 1. The molecule has 1 unspecified atom stereocenters. The summed E-state index contributed by atoms with van der Waals surface area (Å²) in [7, 11) is 0. The van der Waals surface area contributed by atoms with E-state index in [9.17, 15) is 0 Å². The molecule has 0 aliphatic rings. The number of hydrogen-bond donors (Lipinski definition) is 3. The van der Waals surface area contributed by atoms with E-state index in [2.05, 4.69) is 20.6 Å². The van der Waals surface area contributed by atoms with Crippen LogP contribution in [0.2, 0.25) is 0 Å². The van der Waals surface area contributed by atoms with E-state index in [0.29, 0.717) is 5.82 Å². The molecule has 6 heteroatoms. The van der Waals surface area contributed by atoms with Gasteiger partial charge in [0.15, 0.2) is 0 Å². The number of H-pyrrole nitrogens is 1. The van der Waals surface area contributed by atoms with Crippen molar-refractivity contribution in [3.63, 3.8) is 0 Å². The van der Waals surface area contributed by atoms with Crippen molar-refractivity contribution in [2.45, 2.75) is 6.04 Å². The largest absolute Gasteiger partial charge is 0.394 e. The zero-order chi connectivity index (χ0) is 10.7. The van der Waals surface area contributed by atoms with E-state index in [0.717, 1.165) is 11.1 Å². The summed E-state index contributed by atoms with van der Waals surface area (Å²) >= 11 is 0. The van der Waals surface area contributed by atoms with Crippen molar-refractivity contribution >= 4 is 0 Å². The van der Waals surface area contributed by atoms with E-state index in [1.165, 1.54) is 0 Å². The van der Waals surface area contributed by atoms with Crippen molar-refractivity contribution in [3.05, 3.63) is 29.8 Å². The van der Waals surface area contributed by atoms with E-state index in [1.54, 1.807) is 0 Å². The second kappa shape index (κ2) is 4.16. The lowest BCUT2D eigenvalue weighted by Crippen LogP contribution is -2.14. The summed E-state index contributed by atoms with van der Waals surface area (Å²) in [6.45, 7) is -0.0679. The number of benzene rings is 1. The van der Waals surface area contributed by atoms with Gasteiger partial charge in [-0.25, -0.2) is 0 Å². The molecule has 0 radical (unpaired) electrons. The Morgan fingerprint density at radius 3 is 2.60 bits per heavy atom. The number of aromatic amines is 1. The van der Waals surface area contributed by atoms with Gasteiger partial charge in [0.2, 0.25) is 5.82 Å². The summed E-state index contributed by atoms with van der Waals surface area (Å²) in [6, 6.07) is 7.02. The summed E-state index contributed by atoms with van der Waals surface area (Å²) < 4.78 is 0. The molecule has 0 aliphatic carbocycles. The van der Waals surface area contributed by atoms with Crippen LogP contribution in [0.4, 0.5) is 0 Å². The second-order valence-corrected chi connectivity index (χ2v) is 3.15. The average molecular weight is 205 g/mol. The zero-order valence-corrected chi connectivity index (χ0v) is 7.96. The first-order chi connectivity index (χ1) is 7.31. The third-order valence-corrected chi connectivity index (χ3v) is 2.14. The molecule has 0 saturated heterocycles. The van der Waals surface area contributed by atoms with Crippen molar-refractivity contribution in [2.24, 2.45) is 5.73 Å². The molecule has 1 aromatic carbocycles. The summed E-state index contributed by atoms with van der Waals surface area (Å²) in [6.07, 6.45) is 0. The number of aliphatic hydroxyl groups excluding tert-OH is 1. The van der Waals surface area contributed by atoms with Gasteiger partial charge in [0, 0.05) is 5.56 Å². The topological polar surface area (TPSA) is 101 Å². The third kappa shape index (κ3) is 2.00. The fourth-order valence-electron chi connectivity index (χ4n) is 1.27. The molecule has 2 aromatic rings. The second-order valence-electron chi connectivity index (χ2n) is 3.15. The predicted octanol–water partition coefficient (Wildman–Crippen LogP) is -0.141. The van der Waals surface area contributed by atoms with Gasteiger partial charge < -0.3 is 10.8 Å². The van der Waals surface area contributed by atoms with Crippen molar-refractivity contribution in [3.8, 4) is 11.4 Å². The molecular formula is C9H11N5O. The van der Waals surface area contributed by atoms with Crippen molar-refractivity contribution in [2.75, 3.05) is 6.61 Å². The Bertz CT molecular complexity index is 411. The van der Waals surface area contributed by atoms with E-state index in [4.69, 9.17) is 10.8 Å². The van der Waals surface area contributed by atoms with Crippen LogP contribution in [0, 0.1) is 0 Å². The van der Waals surface area contributed by atoms with Crippen molar-refractivity contribution in [1.29, 1.82) is 0 Å². The molecule has 0 saturated carbocycles. The smallest absolute Gasteiger partial charge is 0.204 e. The van der Waals surface area contributed by atoms with Crippen molar-refractivity contribution < 1.29 is 5.11 Å². The third-order valence-electron chi connectivity index (χ3n) is 2.14. The van der Waals surface area contributed by atoms with Gasteiger partial charge in [0.05, 0.1) is 12.6 Å². The molecular weight excluding hydrogens is 194 g/mol. The number of nitrogens with two attached hydrogens (primary N) is 1. The van der Waals surface area contributed by atoms with Crippen LogP contribution in [-0.2, 0) is 0 Å². The standard InChI is InChI=1S/C9H11N5O/c10-8(5-15)6-1-3-7(4-2-6)9-11-13-14-12-9/h1-4,8,15H,5,10H2,(H,11,12,13,14). The van der Waals surface area contributed by atoms with Crippen LogP contribution in [0.3, 0.4) is 0 Å². The lowest BCUT2D eigenvalue weighted by Gasteiger charge is -2.07. The molecule has 1 heterocycles. The van der Waals surface area contributed by atoms with Crippen LogP contribution in [0.1, 0.15) is 11.6 Å². The Balaban J connectivity index is 2.25. The molecule has 1 aromatic heterocycles. The van der Waals surface area contributed by atoms with E-state index in [1.807, 2.05) is 24.3 Å². The van der Waals surface area contributed by atoms with Gasteiger partial charge in [0.1, 0.15) is 0 Å². The highest BCUT2D eigenvalue weighted by Crippen LogP contribution is 2.16. The molecule has 1 atom stereocenters. The van der Waals surface area contributed by atoms with Gasteiger partial charge in [-0.3, -0.25) is 0 Å². The quantitative estimate of drug-likeness (QED) is 0.647. The maximum absolute atomic E-state index is 8.88. The maximum Gasteiger partial charge on any atom is 0.204 e. The minimum absolute atomic E-state index is 0.0679. The van der Waals surface area contributed by atoms with Gasteiger partial charge in [-0.05, 0) is 10.8 Å². The van der Waals surface area contributed by atoms with Crippen LogP contribution in [0.15, 0.2) is 24.3 Å². The van der Waals surface area contributed by atoms with Crippen LogP contribution in [0.25, 0.3) is 11.4 Å². The average Bonchev–Trinajstić information content (AvgIpc) is 2.82. The Labute approximate surface area is 86.1 Å². The molecule has 0 spiro atoms. The molecule has 78 valence electrons. The van der Waals surface area contributed by atoms with E-state index in [-0.39, 0.29) is 12.6 Å². The van der Waals surface area contributed by atoms with Gasteiger partial charge in [-0.1, -0.05) is 24.3 Å². The molecule has 15 heavy (non-hydrogen) atoms. The van der Waals surface area contributed by atoms with Crippen LogP contribution in [-0.4, -0.2) is 32.3 Å². The summed E-state index contributed by atoms with van der Waals surface area (Å²) in [4.78, 5) is 0. The molecule has 0 amide bonds. The minimum atomic E-state index is -0.343. The number of aromatic nitrogens is 4. The fourth-order valence-corrected chi connectivity index (χ4v) is 1.27. The minimum Gasteiger partial charge on any atom is -0.394 e. The van der Waals surface area contributed by atoms with Crippen LogP contribution >= 0.6 is 0 Å². The molecule has 0 aliphatic heterocycles. The highest BCUT2D eigenvalue weighted by atomic mass is 16.3. The normalized spacial score (nSPS) is 12.7. The summed E-state index contributed by atoms with van der Waals surface area (Å²) in [5.41, 5.74) is 7.40. The molecule has 6 nitrogen and oxygen atoms in total.